The van der Waals surface area contributed by atoms with E-state index in [0.29, 0.717) is 5.65 Å². The summed E-state index contributed by atoms with van der Waals surface area (Å²) in [6.45, 7) is 1.49. The first-order valence-electron chi connectivity index (χ1n) is 5.93. The standard InChI is InChI=1S/C11H14N4O4/c1-11(2-6(17)7(3-16)19-11)15-5-14-8-9(15)12-4-13-10(8)18/h4-7,16-17H,2-3H2,1H3,(H,12,13,18)/t6-,7+,11+/m0/s1. The summed E-state index contributed by atoms with van der Waals surface area (Å²) in [7, 11) is 0. The van der Waals surface area contributed by atoms with E-state index in [1.165, 1.54) is 12.7 Å². The normalized spacial score (nSPS) is 31.1. The van der Waals surface area contributed by atoms with Gasteiger partial charge in [0.25, 0.3) is 5.56 Å². The Bertz CT molecular complexity index is 666. The van der Waals surface area contributed by atoms with Crippen LogP contribution < -0.4 is 5.56 Å². The van der Waals surface area contributed by atoms with E-state index in [-0.39, 0.29) is 24.1 Å². The molecule has 0 spiro atoms. The largest absolute Gasteiger partial charge is 0.394 e. The molecule has 2 aromatic heterocycles. The Hall–Kier alpha value is -1.77. The molecule has 0 saturated carbocycles. The quantitative estimate of drug-likeness (QED) is 0.638. The minimum atomic E-state index is -0.887. The van der Waals surface area contributed by atoms with Gasteiger partial charge in [0.1, 0.15) is 11.8 Å². The zero-order valence-electron chi connectivity index (χ0n) is 10.3. The molecule has 3 rings (SSSR count). The van der Waals surface area contributed by atoms with Crippen LogP contribution >= 0.6 is 0 Å². The second-order valence-electron chi connectivity index (χ2n) is 4.80. The number of aliphatic hydroxyl groups is 2. The predicted molar refractivity (Wildman–Crippen MR) is 64.4 cm³/mol. The van der Waals surface area contributed by atoms with Crippen molar-refractivity contribution in [3.63, 3.8) is 0 Å². The molecule has 1 aliphatic heterocycles. The van der Waals surface area contributed by atoms with Gasteiger partial charge in [-0.1, -0.05) is 0 Å². The summed E-state index contributed by atoms with van der Waals surface area (Å²) in [5.41, 5.74) is -0.613. The number of aromatic amines is 1. The van der Waals surface area contributed by atoms with Crippen LogP contribution in [0.5, 0.6) is 0 Å². The van der Waals surface area contributed by atoms with Crippen molar-refractivity contribution in [2.75, 3.05) is 6.61 Å². The van der Waals surface area contributed by atoms with Crippen molar-refractivity contribution in [3.05, 3.63) is 23.0 Å². The number of imidazole rings is 1. The Morgan fingerprint density at radius 1 is 1.63 bits per heavy atom. The average molecular weight is 266 g/mol. The third kappa shape index (κ3) is 1.76. The molecule has 8 heteroatoms. The minimum Gasteiger partial charge on any atom is -0.394 e. The molecule has 0 bridgehead atoms. The fraction of sp³-hybridized carbons (Fsp3) is 0.545. The van der Waals surface area contributed by atoms with Crippen LogP contribution in [0.4, 0.5) is 0 Å². The molecule has 0 aliphatic carbocycles. The number of fused-ring (bicyclic) bond motifs is 1. The van der Waals surface area contributed by atoms with Crippen LogP contribution in [-0.4, -0.2) is 48.5 Å². The summed E-state index contributed by atoms with van der Waals surface area (Å²) in [6, 6.07) is 0. The predicted octanol–water partition coefficient (Wildman–Crippen LogP) is -1.07. The van der Waals surface area contributed by atoms with Crippen LogP contribution in [0.15, 0.2) is 17.4 Å². The fourth-order valence-electron chi connectivity index (χ4n) is 2.48. The number of rotatable bonds is 2. The van der Waals surface area contributed by atoms with Crippen molar-refractivity contribution in [3.8, 4) is 0 Å². The monoisotopic (exact) mass is 266 g/mol. The number of nitrogens with one attached hydrogen (secondary N) is 1. The molecule has 3 heterocycles. The summed E-state index contributed by atoms with van der Waals surface area (Å²) in [6.07, 6.45) is 1.62. The van der Waals surface area contributed by atoms with E-state index in [0.717, 1.165) is 0 Å². The SMILES string of the molecule is C[C@]1(n2cnc3c(=O)[nH]cnc32)C[C@H](O)[C@@H](CO)O1. The van der Waals surface area contributed by atoms with Crippen molar-refractivity contribution in [1.29, 1.82) is 0 Å². The van der Waals surface area contributed by atoms with E-state index < -0.39 is 17.9 Å². The molecule has 8 nitrogen and oxygen atoms in total. The zero-order chi connectivity index (χ0) is 13.6. The molecule has 0 amide bonds. The molecule has 0 aromatic carbocycles. The zero-order valence-corrected chi connectivity index (χ0v) is 10.3. The Morgan fingerprint density at radius 2 is 2.42 bits per heavy atom. The van der Waals surface area contributed by atoms with E-state index in [4.69, 9.17) is 9.84 Å². The smallest absolute Gasteiger partial charge is 0.278 e. The molecule has 0 unspecified atom stereocenters. The molecule has 0 radical (unpaired) electrons. The number of H-pyrrole nitrogens is 1. The lowest BCUT2D eigenvalue weighted by molar-refractivity contribution is -0.103. The number of aliphatic hydroxyl groups excluding tert-OH is 2. The summed E-state index contributed by atoms with van der Waals surface area (Å²) in [5, 5.41) is 19.0. The van der Waals surface area contributed by atoms with Gasteiger partial charge >= 0.3 is 0 Å². The molecule has 3 N–H and O–H groups in total. The second-order valence-corrected chi connectivity index (χ2v) is 4.80. The number of ether oxygens (including phenoxy) is 1. The van der Waals surface area contributed by atoms with Gasteiger partial charge in [-0.2, -0.15) is 0 Å². The summed E-state index contributed by atoms with van der Waals surface area (Å²) in [4.78, 5) is 22.1. The van der Waals surface area contributed by atoms with Gasteiger partial charge in [-0.3, -0.25) is 9.36 Å². The number of nitrogens with zero attached hydrogens (tertiary/aromatic N) is 3. The number of aromatic nitrogens is 4. The van der Waals surface area contributed by atoms with Crippen LogP contribution in [0.25, 0.3) is 11.2 Å². The lowest BCUT2D eigenvalue weighted by Crippen LogP contribution is -2.31. The molecular weight excluding hydrogens is 252 g/mol. The minimum absolute atomic E-state index is 0.217. The third-order valence-corrected chi connectivity index (χ3v) is 3.45. The number of hydrogen-bond acceptors (Lipinski definition) is 6. The van der Waals surface area contributed by atoms with E-state index in [1.807, 2.05) is 0 Å². The Balaban J connectivity index is 2.10. The highest BCUT2D eigenvalue weighted by Gasteiger charge is 2.44. The average Bonchev–Trinajstić information content (AvgIpc) is 2.92. The molecule has 19 heavy (non-hydrogen) atoms. The summed E-state index contributed by atoms with van der Waals surface area (Å²) < 4.78 is 7.28. The Labute approximate surface area is 107 Å². The first kappa shape index (κ1) is 12.3. The van der Waals surface area contributed by atoms with Crippen LogP contribution in [0.3, 0.4) is 0 Å². The molecule has 2 aromatic rings. The molecule has 1 saturated heterocycles. The summed E-state index contributed by atoms with van der Waals surface area (Å²) >= 11 is 0. The maximum Gasteiger partial charge on any atom is 0.278 e. The van der Waals surface area contributed by atoms with Gasteiger partial charge in [0.05, 0.1) is 25.4 Å². The lowest BCUT2D eigenvalue weighted by atomic mass is 10.1. The van der Waals surface area contributed by atoms with Gasteiger partial charge in [0.15, 0.2) is 11.2 Å². The molecule has 3 atom stereocenters. The van der Waals surface area contributed by atoms with E-state index in [9.17, 15) is 9.90 Å². The van der Waals surface area contributed by atoms with Crippen molar-refractivity contribution in [2.24, 2.45) is 0 Å². The van der Waals surface area contributed by atoms with Gasteiger partial charge < -0.3 is 19.9 Å². The maximum absolute atomic E-state index is 11.6. The van der Waals surface area contributed by atoms with Crippen molar-refractivity contribution < 1.29 is 14.9 Å². The van der Waals surface area contributed by atoms with E-state index in [2.05, 4.69) is 15.0 Å². The second kappa shape index (κ2) is 4.12. The first-order valence-corrected chi connectivity index (χ1v) is 5.93. The third-order valence-electron chi connectivity index (χ3n) is 3.45. The van der Waals surface area contributed by atoms with Crippen molar-refractivity contribution in [1.82, 2.24) is 19.5 Å². The van der Waals surface area contributed by atoms with Crippen LogP contribution in [0, 0.1) is 0 Å². The number of hydrogen-bond donors (Lipinski definition) is 3. The lowest BCUT2D eigenvalue weighted by Gasteiger charge is -2.25. The highest BCUT2D eigenvalue weighted by atomic mass is 16.6. The van der Waals surface area contributed by atoms with Crippen molar-refractivity contribution in [2.45, 2.75) is 31.3 Å². The van der Waals surface area contributed by atoms with Crippen LogP contribution in [0.1, 0.15) is 13.3 Å². The summed E-state index contributed by atoms with van der Waals surface area (Å²) in [5.74, 6) is 0. The molecule has 102 valence electrons. The molecule has 1 aliphatic rings. The first-order chi connectivity index (χ1) is 9.05. The van der Waals surface area contributed by atoms with Crippen LogP contribution in [0.2, 0.25) is 0 Å². The van der Waals surface area contributed by atoms with Gasteiger partial charge in [-0.05, 0) is 6.92 Å². The van der Waals surface area contributed by atoms with E-state index >= 15 is 0 Å². The van der Waals surface area contributed by atoms with Gasteiger partial charge in [0, 0.05) is 6.42 Å². The highest BCUT2D eigenvalue weighted by molar-refractivity contribution is 5.69. The Kier molecular flexibility index (Phi) is 2.66. The van der Waals surface area contributed by atoms with Crippen molar-refractivity contribution >= 4 is 11.2 Å². The van der Waals surface area contributed by atoms with Gasteiger partial charge in [0.2, 0.25) is 0 Å². The topological polar surface area (TPSA) is 113 Å². The van der Waals surface area contributed by atoms with Gasteiger partial charge in [-0.15, -0.1) is 0 Å². The van der Waals surface area contributed by atoms with E-state index in [1.54, 1.807) is 11.5 Å². The maximum atomic E-state index is 11.6. The molecule has 1 fully saturated rings. The fourth-order valence-corrected chi connectivity index (χ4v) is 2.48. The van der Waals surface area contributed by atoms with Crippen LogP contribution in [-0.2, 0) is 10.5 Å². The Morgan fingerprint density at radius 3 is 3.11 bits per heavy atom. The van der Waals surface area contributed by atoms with Gasteiger partial charge in [-0.25, -0.2) is 9.97 Å². The molecular formula is C11H14N4O4. The highest BCUT2D eigenvalue weighted by Crippen LogP contribution is 2.35.